The smallest absolute Gasteiger partial charge is 0.192 e. The number of nitrogens with zero attached hydrogens (tertiary/aromatic N) is 4. The van der Waals surface area contributed by atoms with Gasteiger partial charge in [0, 0.05) is 37.1 Å². The molecule has 0 fully saturated rings. The molecule has 1 atom stereocenters. The Hall–Kier alpha value is -2.82. The Morgan fingerprint density at radius 2 is 2.03 bits per heavy atom. The maximum Gasteiger partial charge on any atom is 0.192 e. The molecule has 0 bridgehead atoms. The molecule has 2 N–H and O–H groups in total. The highest BCUT2D eigenvalue weighted by molar-refractivity contribution is 14.0. The van der Waals surface area contributed by atoms with Crippen LogP contribution in [0.4, 0.5) is 0 Å². The minimum Gasteiger partial charge on any atom is -0.496 e. The van der Waals surface area contributed by atoms with Crippen molar-refractivity contribution in [3.05, 3.63) is 71.8 Å². The number of halogens is 1. The van der Waals surface area contributed by atoms with Gasteiger partial charge in [0.25, 0.3) is 0 Å². The van der Waals surface area contributed by atoms with Gasteiger partial charge in [-0.1, -0.05) is 43.3 Å². The number of aliphatic imine (C=N–C) groups is 1. The van der Waals surface area contributed by atoms with E-state index in [1.54, 1.807) is 13.4 Å². The predicted molar refractivity (Wildman–Crippen MR) is 139 cm³/mol. The van der Waals surface area contributed by atoms with Gasteiger partial charge in [-0.05, 0) is 12.1 Å². The fraction of sp³-hybridized carbons (Fsp3) is 0.375. The highest BCUT2D eigenvalue weighted by Crippen LogP contribution is 2.31. The normalized spacial score (nSPS) is 15.1. The lowest BCUT2D eigenvalue weighted by molar-refractivity contribution is 0.261. The first-order valence-corrected chi connectivity index (χ1v) is 11.0. The number of fused-ring (bicyclic) bond motifs is 1. The number of benzene rings is 2. The molecule has 1 aliphatic heterocycles. The number of rotatable bonds is 8. The first-order valence-electron chi connectivity index (χ1n) is 11.0. The SMILES string of the molecule is CCc1nncn1CCNC(=NCc1ccccc1OC)NC1CCOc2ccccc21.I. The van der Waals surface area contributed by atoms with Crippen LogP contribution in [0, 0.1) is 0 Å². The molecule has 1 aromatic heterocycles. The summed E-state index contributed by atoms with van der Waals surface area (Å²) in [4.78, 5) is 4.86. The average molecular weight is 562 g/mol. The van der Waals surface area contributed by atoms with Crippen molar-refractivity contribution in [2.75, 3.05) is 20.3 Å². The third-order valence-electron chi connectivity index (χ3n) is 5.53. The molecule has 4 rings (SSSR count). The van der Waals surface area contributed by atoms with Crippen molar-refractivity contribution in [1.82, 2.24) is 25.4 Å². The molecule has 0 spiro atoms. The van der Waals surface area contributed by atoms with Crippen LogP contribution in [0.15, 0.2) is 59.9 Å². The van der Waals surface area contributed by atoms with E-state index in [4.69, 9.17) is 14.5 Å². The van der Waals surface area contributed by atoms with Gasteiger partial charge in [-0.25, -0.2) is 4.99 Å². The van der Waals surface area contributed by atoms with Gasteiger partial charge >= 0.3 is 0 Å². The summed E-state index contributed by atoms with van der Waals surface area (Å²) in [6, 6.07) is 16.3. The topological polar surface area (TPSA) is 85.6 Å². The molecule has 2 aromatic carbocycles. The van der Waals surface area contributed by atoms with E-state index < -0.39 is 0 Å². The molecule has 3 aromatic rings. The van der Waals surface area contributed by atoms with Crippen LogP contribution < -0.4 is 20.1 Å². The molecule has 1 unspecified atom stereocenters. The summed E-state index contributed by atoms with van der Waals surface area (Å²) in [5.74, 6) is 3.50. The van der Waals surface area contributed by atoms with Crippen molar-refractivity contribution in [3.63, 3.8) is 0 Å². The van der Waals surface area contributed by atoms with Crippen LogP contribution in [0.5, 0.6) is 11.5 Å². The molecule has 0 saturated carbocycles. The summed E-state index contributed by atoms with van der Waals surface area (Å²) >= 11 is 0. The standard InChI is InChI=1S/C24H30N6O2.HI/c1-3-23-29-27-17-30(23)14-13-25-24(26-16-18-8-4-6-10-21(18)31-2)28-20-12-15-32-22-11-7-5-9-19(20)22;/h4-11,17,20H,3,12-16H2,1-2H3,(H2,25,26,28);1H. The second-order valence-corrected chi connectivity index (χ2v) is 7.57. The van der Waals surface area contributed by atoms with Crippen molar-refractivity contribution in [1.29, 1.82) is 0 Å². The Kier molecular flexibility index (Phi) is 9.35. The number of methoxy groups -OCH3 is 1. The molecule has 0 saturated heterocycles. The number of aromatic nitrogens is 3. The molecule has 0 radical (unpaired) electrons. The van der Waals surface area contributed by atoms with Gasteiger partial charge in [-0.3, -0.25) is 0 Å². The van der Waals surface area contributed by atoms with Crippen molar-refractivity contribution in [2.24, 2.45) is 4.99 Å². The van der Waals surface area contributed by atoms with E-state index in [2.05, 4.69) is 38.4 Å². The van der Waals surface area contributed by atoms with Gasteiger partial charge in [-0.2, -0.15) is 0 Å². The monoisotopic (exact) mass is 562 g/mol. The lowest BCUT2D eigenvalue weighted by Crippen LogP contribution is -2.42. The highest BCUT2D eigenvalue weighted by atomic mass is 127. The van der Waals surface area contributed by atoms with Gasteiger partial charge in [0.15, 0.2) is 5.96 Å². The third kappa shape index (κ3) is 6.37. The van der Waals surface area contributed by atoms with Crippen molar-refractivity contribution < 1.29 is 9.47 Å². The minimum absolute atomic E-state index is 0. The van der Waals surface area contributed by atoms with Crippen molar-refractivity contribution in [3.8, 4) is 11.5 Å². The van der Waals surface area contributed by atoms with Crippen LogP contribution in [-0.2, 0) is 19.5 Å². The van der Waals surface area contributed by atoms with Gasteiger partial charge in [0.2, 0.25) is 0 Å². The zero-order chi connectivity index (χ0) is 22.2. The fourth-order valence-electron chi connectivity index (χ4n) is 3.84. The van der Waals surface area contributed by atoms with Gasteiger partial charge in [0.05, 0.1) is 26.3 Å². The average Bonchev–Trinajstić information content (AvgIpc) is 3.30. The van der Waals surface area contributed by atoms with Gasteiger partial charge < -0.3 is 24.7 Å². The Morgan fingerprint density at radius 1 is 1.21 bits per heavy atom. The van der Waals surface area contributed by atoms with Crippen LogP contribution in [0.2, 0.25) is 0 Å². The summed E-state index contributed by atoms with van der Waals surface area (Å²) in [6.45, 7) is 4.73. The summed E-state index contributed by atoms with van der Waals surface area (Å²) in [5, 5.41) is 15.3. The predicted octanol–water partition coefficient (Wildman–Crippen LogP) is 3.73. The van der Waals surface area contributed by atoms with Crippen LogP contribution in [0.1, 0.15) is 36.3 Å². The van der Waals surface area contributed by atoms with E-state index in [9.17, 15) is 0 Å². The molecule has 176 valence electrons. The molecular formula is C24H31IN6O2. The maximum atomic E-state index is 5.82. The molecule has 9 heteroatoms. The van der Waals surface area contributed by atoms with E-state index in [0.29, 0.717) is 19.7 Å². The number of ether oxygens (including phenoxy) is 2. The Labute approximate surface area is 211 Å². The molecule has 1 aliphatic rings. The summed E-state index contributed by atoms with van der Waals surface area (Å²) in [6.07, 6.45) is 3.50. The second kappa shape index (κ2) is 12.4. The number of guanidine groups is 1. The number of para-hydroxylation sites is 2. The summed E-state index contributed by atoms with van der Waals surface area (Å²) in [5.41, 5.74) is 2.19. The number of hydrogen-bond acceptors (Lipinski definition) is 5. The van der Waals surface area contributed by atoms with E-state index in [-0.39, 0.29) is 30.0 Å². The lowest BCUT2D eigenvalue weighted by atomic mass is 10.0. The van der Waals surface area contributed by atoms with Crippen molar-refractivity contribution in [2.45, 2.75) is 38.9 Å². The van der Waals surface area contributed by atoms with Crippen LogP contribution in [0.3, 0.4) is 0 Å². The zero-order valence-corrected chi connectivity index (χ0v) is 21.4. The summed E-state index contributed by atoms with van der Waals surface area (Å²) < 4.78 is 13.4. The quantitative estimate of drug-likeness (QED) is 0.247. The Balaban J connectivity index is 0.00000306. The van der Waals surface area contributed by atoms with E-state index >= 15 is 0 Å². The molecule has 2 heterocycles. The third-order valence-corrected chi connectivity index (χ3v) is 5.53. The van der Waals surface area contributed by atoms with Gasteiger partial charge in [0.1, 0.15) is 23.7 Å². The van der Waals surface area contributed by atoms with Crippen LogP contribution in [0.25, 0.3) is 0 Å². The van der Waals surface area contributed by atoms with Crippen molar-refractivity contribution >= 4 is 29.9 Å². The first kappa shape index (κ1) is 24.8. The van der Waals surface area contributed by atoms with E-state index in [1.807, 2.05) is 42.5 Å². The number of nitrogens with one attached hydrogen (secondary N) is 2. The lowest BCUT2D eigenvalue weighted by Gasteiger charge is -2.28. The number of aryl methyl sites for hydroxylation is 1. The first-order chi connectivity index (χ1) is 15.8. The van der Waals surface area contributed by atoms with Gasteiger partial charge in [-0.15, -0.1) is 34.2 Å². The Bertz CT molecular complexity index is 1050. The molecular weight excluding hydrogens is 531 g/mol. The van der Waals surface area contributed by atoms with Crippen LogP contribution >= 0.6 is 24.0 Å². The fourth-order valence-corrected chi connectivity index (χ4v) is 3.84. The van der Waals surface area contributed by atoms with Crippen LogP contribution in [-0.4, -0.2) is 41.0 Å². The minimum atomic E-state index is 0. The maximum absolute atomic E-state index is 5.82. The summed E-state index contributed by atoms with van der Waals surface area (Å²) in [7, 11) is 1.68. The number of hydrogen-bond donors (Lipinski definition) is 2. The second-order valence-electron chi connectivity index (χ2n) is 7.57. The largest absolute Gasteiger partial charge is 0.496 e. The zero-order valence-electron chi connectivity index (χ0n) is 19.0. The highest BCUT2D eigenvalue weighted by Gasteiger charge is 2.22. The molecule has 0 amide bonds. The Morgan fingerprint density at radius 3 is 2.88 bits per heavy atom. The molecule has 8 nitrogen and oxygen atoms in total. The molecule has 0 aliphatic carbocycles. The molecule has 33 heavy (non-hydrogen) atoms. The van der Waals surface area contributed by atoms with E-state index in [0.717, 1.165) is 53.8 Å². The van der Waals surface area contributed by atoms with E-state index in [1.165, 1.54) is 0 Å².